The molecule has 21 heavy (non-hydrogen) atoms. The molecule has 1 unspecified atom stereocenters. The molecule has 0 aliphatic heterocycles. The third-order valence-corrected chi connectivity index (χ3v) is 3.02. The predicted octanol–water partition coefficient (Wildman–Crippen LogP) is 2.40. The molecule has 1 aromatic rings. The number of ether oxygens (including phenoxy) is 2. The first-order valence-corrected chi connectivity index (χ1v) is 7.08. The summed E-state index contributed by atoms with van der Waals surface area (Å²) in [6.45, 7) is 7.86. The third-order valence-electron chi connectivity index (χ3n) is 3.02. The largest absolute Gasteiger partial charge is 0.497 e. The molecular weight excluding hydrogens is 268 g/mol. The predicted molar refractivity (Wildman–Crippen MR) is 83.6 cm³/mol. The Morgan fingerprint density at radius 2 is 2.05 bits per heavy atom. The van der Waals surface area contributed by atoms with Crippen molar-refractivity contribution in [1.82, 2.24) is 5.32 Å². The van der Waals surface area contributed by atoms with E-state index in [1.54, 1.807) is 7.11 Å². The highest BCUT2D eigenvalue weighted by molar-refractivity contribution is 5.68. The van der Waals surface area contributed by atoms with Gasteiger partial charge in [0.2, 0.25) is 0 Å². The molecule has 1 rings (SSSR count). The van der Waals surface area contributed by atoms with Crippen molar-refractivity contribution < 1.29 is 14.3 Å². The van der Waals surface area contributed by atoms with Crippen LogP contribution in [0.1, 0.15) is 31.9 Å². The molecule has 0 saturated carbocycles. The molecule has 3 N–H and O–H groups in total. The summed E-state index contributed by atoms with van der Waals surface area (Å²) in [5, 5.41) is 2.81. The van der Waals surface area contributed by atoms with E-state index < -0.39 is 11.7 Å². The van der Waals surface area contributed by atoms with Gasteiger partial charge in [-0.3, -0.25) is 0 Å². The van der Waals surface area contributed by atoms with Gasteiger partial charge in [-0.25, -0.2) is 4.79 Å². The van der Waals surface area contributed by atoms with Crippen LogP contribution in [0.2, 0.25) is 0 Å². The SMILES string of the molecule is COc1ccc(CC(CN)NC(=O)OC(C)(C)C)c(C)c1. The van der Waals surface area contributed by atoms with Gasteiger partial charge in [0, 0.05) is 12.6 Å². The summed E-state index contributed by atoms with van der Waals surface area (Å²) in [5.41, 5.74) is 7.47. The quantitative estimate of drug-likeness (QED) is 0.874. The van der Waals surface area contributed by atoms with Crippen molar-refractivity contribution in [2.75, 3.05) is 13.7 Å². The Labute approximate surface area is 126 Å². The number of hydrogen-bond acceptors (Lipinski definition) is 4. The van der Waals surface area contributed by atoms with Crippen molar-refractivity contribution in [3.8, 4) is 5.75 Å². The number of methoxy groups -OCH3 is 1. The molecule has 0 saturated heterocycles. The van der Waals surface area contributed by atoms with Crippen molar-refractivity contribution in [2.24, 2.45) is 5.73 Å². The molecule has 0 heterocycles. The average Bonchev–Trinajstić information content (AvgIpc) is 2.37. The Morgan fingerprint density at radius 3 is 2.52 bits per heavy atom. The van der Waals surface area contributed by atoms with Gasteiger partial charge in [-0.2, -0.15) is 0 Å². The van der Waals surface area contributed by atoms with Gasteiger partial charge in [-0.1, -0.05) is 6.07 Å². The summed E-state index contributed by atoms with van der Waals surface area (Å²) in [6, 6.07) is 5.71. The van der Waals surface area contributed by atoms with Crippen molar-refractivity contribution in [3.63, 3.8) is 0 Å². The van der Waals surface area contributed by atoms with Crippen LogP contribution < -0.4 is 15.8 Å². The fourth-order valence-corrected chi connectivity index (χ4v) is 1.96. The summed E-state index contributed by atoms with van der Waals surface area (Å²) in [5.74, 6) is 0.820. The van der Waals surface area contributed by atoms with Crippen molar-refractivity contribution in [1.29, 1.82) is 0 Å². The molecule has 0 bridgehead atoms. The molecule has 5 nitrogen and oxygen atoms in total. The smallest absolute Gasteiger partial charge is 0.407 e. The van der Waals surface area contributed by atoms with Crippen LogP contribution in [0.4, 0.5) is 4.79 Å². The van der Waals surface area contributed by atoms with E-state index in [1.807, 2.05) is 45.9 Å². The average molecular weight is 294 g/mol. The van der Waals surface area contributed by atoms with Crippen LogP contribution in [-0.2, 0) is 11.2 Å². The Bertz CT molecular complexity index is 481. The molecule has 1 amide bonds. The molecule has 0 fully saturated rings. The van der Waals surface area contributed by atoms with E-state index in [9.17, 15) is 4.79 Å². The molecule has 0 radical (unpaired) electrons. The van der Waals surface area contributed by atoms with Crippen LogP contribution in [0.25, 0.3) is 0 Å². The maximum absolute atomic E-state index is 11.8. The molecule has 0 spiro atoms. The van der Waals surface area contributed by atoms with Crippen LogP contribution in [0.5, 0.6) is 5.75 Å². The van der Waals surface area contributed by atoms with Crippen molar-refractivity contribution in [3.05, 3.63) is 29.3 Å². The van der Waals surface area contributed by atoms with Gasteiger partial charge in [-0.05, 0) is 57.4 Å². The highest BCUT2D eigenvalue weighted by atomic mass is 16.6. The number of carbonyl (C=O) groups excluding carboxylic acids is 1. The van der Waals surface area contributed by atoms with Gasteiger partial charge >= 0.3 is 6.09 Å². The molecular formula is C16H26N2O3. The number of carbonyl (C=O) groups is 1. The van der Waals surface area contributed by atoms with Gasteiger partial charge in [0.15, 0.2) is 0 Å². The topological polar surface area (TPSA) is 73.6 Å². The van der Waals surface area contributed by atoms with Gasteiger partial charge in [0.05, 0.1) is 7.11 Å². The lowest BCUT2D eigenvalue weighted by atomic mass is 10.0. The van der Waals surface area contributed by atoms with Crippen LogP contribution in [0, 0.1) is 6.92 Å². The van der Waals surface area contributed by atoms with Crippen molar-refractivity contribution in [2.45, 2.75) is 45.8 Å². The van der Waals surface area contributed by atoms with Crippen molar-refractivity contribution >= 4 is 6.09 Å². The molecule has 5 heteroatoms. The Kier molecular flexibility index (Phi) is 6.03. The Morgan fingerprint density at radius 1 is 1.38 bits per heavy atom. The minimum atomic E-state index is -0.515. The summed E-state index contributed by atoms with van der Waals surface area (Å²) >= 11 is 0. The minimum Gasteiger partial charge on any atom is -0.497 e. The first kappa shape index (κ1) is 17.3. The zero-order chi connectivity index (χ0) is 16.0. The molecule has 0 aliphatic rings. The summed E-state index contributed by atoms with van der Waals surface area (Å²) in [7, 11) is 1.64. The third kappa shape index (κ3) is 6.04. The van der Waals surface area contributed by atoms with Gasteiger partial charge < -0.3 is 20.5 Å². The summed E-state index contributed by atoms with van der Waals surface area (Å²) in [4.78, 5) is 11.8. The molecule has 1 aromatic carbocycles. The summed E-state index contributed by atoms with van der Waals surface area (Å²) < 4.78 is 10.4. The molecule has 1 atom stereocenters. The zero-order valence-corrected chi connectivity index (χ0v) is 13.5. The lowest BCUT2D eigenvalue weighted by Gasteiger charge is -2.23. The van der Waals surface area contributed by atoms with Gasteiger partial charge in [0.1, 0.15) is 11.4 Å². The standard InChI is InChI=1S/C16H26N2O3/c1-11-8-14(20-5)7-6-12(11)9-13(10-17)18-15(19)21-16(2,3)4/h6-8,13H,9-10,17H2,1-5H3,(H,18,19). The van der Waals surface area contributed by atoms with E-state index in [2.05, 4.69) is 5.32 Å². The van der Waals surface area contributed by atoms with Gasteiger partial charge in [0.25, 0.3) is 0 Å². The number of hydrogen-bond donors (Lipinski definition) is 2. The lowest BCUT2D eigenvalue weighted by Crippen LogP contribution is -2.44. The second-order valence-electron chi connectivity index (χ2n) is 6.08. The number of amides is 1. The van der Waals surface area contributed by atoms with Crippen LogP contribution in [-0.4, -0.2) is 31.4 Å². The van der Waals surface area contributed by atoms with E-state index in [0.717, 1.165) is 16.9 Å². The van der Waals surface area contributed by atoms with E-state index in [4.69, 9.17) is 15.2 Å². The van der Waals surface area contributed by atoms with Crippen LogP contribution >= 0.6 is 0 Å². The maximum Gasteiger partial charge on any atom is 0.407 e. The fraction of sp³-hybridized carbons (Fsp3) is 0.562. The second-order valence-corrected chi connectivity index (χ2v) is 6.08. The van der Waals surface area contributed by atoms with E-state index in [1.165, 1.54) is 0 Å². The van der Waals surface area contributed by atoms with E-state index in [-0.39, 0.29) is 6.04 Å². The highest BCUT2D eigenvalue weighted by Gasteiger charge is 2.19. The monoisotopic (exact) mass is 294 g/mol. The lowest BCUT2D eigenvalue weighted by molar-refractivity contribution is 0.0506. The van der Waals surface area contributed by atoms with Crippen LogP contribution in [0.3, 0.4) is 0 Å². The van der Waals surface area contributed by atoms with Crippen LogP contribution in [0.15, 0.2) is 18.2 Å². The molecule has 118 valence electrons. The zero-order valence-electron chi connectivity index (χ0n) is 13.5. The Hall–Kier alpha value is -1.75. The number of aryl methyl sites for hydroxylation is 1. The number of benzene rings is 1. The molecule has 0 aromatic heterocycles. The number of nitrogens with one attached hydrogen (secondary N) is 1. The fourth-order valence-electron chi connectivity index (χ4n) is 1.96. The highest BCUT2D eigenvalue weighted by Crippen LogP contribution is 2.18. The Balaban J connectivity index is 2.68. The summed E-state index contributed by atoms with van der Waals surface area (Å²) in [6.07, 6.45) is 0.218. The minimum absolute atomic E-state index is 0.160. The second kappa shape index (κ2) is 7.31. The van der Waals surface area contributed by atoms with E-state index in [0.29, 0.717) is 13.0 Å². The first-order chi connectivity index (χ1) is 9.75. The number of rotatable bonds is 5. The number of nitrogens with two attached hydrogens (primary N) is 1. The molecule has 0 aliphatic carbocycles. The number of alkyl carbamates (subject to hydrolysis) is 1. The van der Waals surface area contributed by atoms with Gasteiger partial charge in [-0.15, -0.1) is 0 Å². The normalized spacial score (nSPS) is 12.7. The maximum atomic E-state index is 11.8. The van der Waals surface area contributed by atoms with E-state index >= 15 is 0 Å². The first-order valence-electron chi connectivity index (χ1n) is 7.08.